The van der Waals surface area contributed by atoms with Gasteiger partial charge in [0.1, 0.15) is 0 Å². The highest BCUT2D eigenvalue weighted by Crippen LogP contribution is 2.61. The van der Waals surface area contributed by atoms with Crippen LogP contribution in [-0.4, -0.2) is 20.4 Å². The zero-order valence-electron chi connectivity index (χ0n) is 21.3. The molecule has 0 heterocycles. The molecule has 0 spiro atoms. The van der Waals surface area contributed by atoms with E-state index in [2.05, 4.69) is 23.9 Å². The number of carbonyl (C=O) groups excluding carboxylic acids is 1. The zero-order chi connectivity index (χ0) is 25.0. The molecule has 4 aliphatic carbocycles. The molecule has 5 nitrogen and oxygen atoms in total. The molecule has 4 aliphatic rings. The second kappa shape index (κ2) is 9.04. The van der Waals surface area contributed by atoms with Gasteiger partial charge in [-0.25, -0.2) is 13.1 Å². The van der Waals surface area contributed by atoms with Crippen molar-refractivity contribution in [2.45, 2.75) is 83.1 Å². The van der Waals surface area contributed by atoms with Gasteiger partial charge in [0.2, 0.25) is 10.0 Å². The molecule has 0 saturated heterocycles. The SMILES string of the molecule is Cc1cccc(C(C)C)c1NC(=O)c1cccc(S(=O)(=O)N[C@H](C)C23CC4CC(CC(C4)C2)C3)c1. The first kappa shape index (κ1) is 24.5. The van der Waals surface area contributed by atoms with Crippen molar-refractivity contribution in [1.82, 2.24) is 4.72 Å². The molecule has 4 bridgehead atoms. The molecule has 0 radical (unpaired) electrons. The summed E-state index contributed by atoms with van der Waals surface area (Å²) in [5, 5.41) is 3.03. The Morgan fingerprint density at radius 2 is 1.54 bits per heavy atom. The van der Waals surface area contributed by atoms with E-state index >= 15 is 0 Å². The van der Waals surface area contributed by atoms with Crippen molar-refractivity contribution < 1.29 is 13.2 Å². The number of hydrogen-bond donors (Lipinski definition) is 2. The minimum absolute atomic E-state index is 0.0783. The molecule has 2 aromatic carbocycles. The van der Waals surface area contributed by atoms with E-state index in [0.29, 0.717) is 5.56 Å². The Balaban J connectivity index is 1.34. The van der Waals surface area contributed by atoms with E-state index in [-0.39, 0.29) is 28.2 Å². The number of rotatable bonds is 7. The number of hydrogen-bond acceptors (Lipinski definition) is 3. The third kappa shape index (κ3) is 4.67. The Bertz CT molecular complexity index is 1200. The summed E-state index contributed by atoms with van der Waals surface area (Å²) in [6, 6.07) is 12.3. The lowest BCUT2D eigenvalue weighted by molar-refractivity contribution is -0.0666. The molecule has 4 saturated carbocycles. The quantitative estimate of drug-likeness (QED) is 0.477. The van der Waals surface area contributed by atoms with Gasteiger partial charge in [0.25, 0.3) is 5.91 Å². The maximum Gasteiger partial charge on any atom is 0.255 e. The number of anilines is 1. The topological polar surface area (TPSA) is 75.3 Å². The Kier molecular flexibility index (Phi) is 6.33. The fourth-order valence-corrected chi connectivity index (χ4v) is 8.86. The number of carbonyl (C=O) groups is 1. The summed E-state index contributed by atoms with van der Waals surface area (Å²) in [7, 11) is -3.74. The standard InChI is InChI=1S/C29H38N2O3S/c1-18(2)26-10-5-7-19(3)27(26)30-28(32)24-8-6-9-25(14-24)35(33,34)31-20(4)29-15-21-11-22(16-29)13-23(12-21)17-29/h5-10,14,18,20-23,31H,11-13,15-17H2,1-4H3,(H,30,32)/t20-,21?,22?,23?,29?/m1/s1. The molecular weight excluding hydrogens is 456 g/mol. The highest BCUT2D eigenvalue weighted by molar-refractivity contribution is 7.89. The molecule has 2 aromatic rings. The third-order valence-electron chi connectivity index (χ3n) is 8.91. The number of amides is 1. The van der Waals surface area contributed by atoms with E-state index in [0.717, 1.165) is 53.8 Å². The van der Waals surface area contributed by atoms with Crippen LogP contribution in [0.5, 0.6) is 0 Å². The average molecular weight is 495 g/mol. The van der Waals surface area contributed by atoms with E-state index in [4.69, 9.17) is 0 Å². The minimum Gasteiger partial charge on any atom is -0.321 e. The Morgan fingerprint density at radius 1 is 0.943 bits per heavy atom. The van der Waals surface area contributed by atoms with Crippen LogP contribution < -0.4 is 10.0 Å². The van der Waals surface area contributed by atoms with E-state index in [1.807, 2.05) is 32.0 Å². The molecule has 0 aromatic heterocycles. The average Bonchev–Trinajstić information content (AvgIpc) is 2.79. The van der Waals surface area contributed by atoms with Crippen molar-refractivity contribution in [3.63, 3.8) is 0 Å². The molecule has 6 rings (SSSR count). The van der Waals surface area contributed by atoms with Gasteiger partial charge >= 0.3 is 0 Å². The van der Waals surface area contributed by atoms with Gasteiger partial charge in [-0.2, -0.15) is 0 Å². The van der Waals surface area contributed by atoms with Crippen molar-refractivity contribution in [3.8, 4) is 0 Å². The van der Waals surface area contributed by atoms with Gasteiger partial charge in [0.15, 0.2) is 0 Å². The van der Waals surface area contributed by atoms with Crippen molar-refractivity contribution in [2.24, 2.45) is 23.2 Å². The lowest BCUT2D eigenvalue weighted by atomic mass is 9.48. The van der Waals surface area contributed by atoms with Gasteiger partial charge in [-0.1, -0.05) is 38.1 Å². The van der Waals surface area contributed by atoms with E-state index in [1.54, 1.807) is 18.2 Å². The number of sulfonamides is 1. The largest absolute Gasteiger partial charge is 0.321 e. The number of nitrogens with one attached hydrogen (secondary N) is 2. The van der Waals surface area contributed by atoms with Crippen LogP contribution in [0.25, 0.3) is 0 Å². The summed E-state index contributed by atoms with van der Waals surface area (Å²) in [4.78, 5) is 13.3. The highest BCUT2D eigenvalue weighted by Gasteiger charge is 2.53. The van der Waals surface area contributed by atoms with Crippen molar-refractivity contribution in [2.75, 3.05) is 5.32 Å². The van der Waals surface area contributed by atoms with Crippen molar-refractivity contribution in [3.05, 3.63) is 59.2 Å². The van der Waals surface area contributed by atoms with Gasteiger partial charge in [-0.05, 0) is 111 Å². The lowest BCUT2D eigenvalue weighted by Gasteiger charge is -2.59. The van der Waals surface area contributed by atoms with Crippen LogP contribution >= 0.6 is 0 Å². The van der Waals surface area contributed by atoms with Crippen molar-refractivity contribution in [1.29, 1.82) is 0 Å². The first-order chi connectivity index (χ1) is 16.6. The molecule has 35 heavy (non-hydrogen) atoms. The second-order valence-corrected chi connectivity index (χ2v) is 13.5. The number of para-hydroxylation sites is 1. The molecule has 1 amide bonds. The van der Waals surface area contributed by atoms with Gasteiger partial charge in [0, 0.05) is 17.3 Å². The Hall–Kier alpha value is -2.18. The van der Waals surface area contributed by atoms with Gasteiger partial charge < -0.3 is 5.32 Å². The lowest BCUT2D eigenvalue weighted by Crippen LogP contribution is -2.55. The summed E-state index contributed by atoms with van der Waals surface area (Å²) in [6.45, 7) is 8.20. The predicted octanol–water partition coefficient (Wildman–Crippen LogP) is 6.25. The van der Waals surface area contributed by atoms with Crippen LogP contribution in [-0.2, 0) is 10.0 Å². The van der Waals surface area contributed by atoms with Crippen LogP contribution in [0.2, 0.25) is 0 Å². The van der Waals surface area contributed by atoms with Gasteiger partial charge in [-0.15, -0.1) is 0 Å². The number of aryl methyl sites for hydroxylation is 1. The molecule has 0 aliphatic heterocycles. The third-order valence-corrected chi connectivity index (χ3v) is 10.4. The monoisotopic (exact) mass is 494 g/mol. The Morgan fingerprint density at radius 3 is 2.14 bits per heavy atom. The van der Waals surface area contributed by atoms with Crippen LogP contribution in [0, 0.1) is 30.1 Å². The Labute approximate surface area is 210 Å². The number of benzene rings is 2. The molecule has 4 fully saturated rings. The maximum absolute atomic E-state index is 13.4. The maximum atomic E-state index is 13.4. The van der Waals surface area contributed by atoms with Gasteiger partial charge in [-0.3, -0.25) is 4.79 Å². The van der Waals surface area contributed by atoms with Gasteiger partial charge in [0.05, 0.1) is 4.90 Å². The zero-order valence-corrected chi connectivity index (χ0v) is 22.1. The highest BCUT2D eigenvalue weighted by atomic mass is 32.2. The molecule has 188 valence electrons. The predicted molar refractivity (Wildman–Crippen MR) is 140 cm³/mol. The van der Waals surface area contributed by atoms with Crippen LogP contribution in [0.3, 0.4) is 0 Å². The summed E-state index contributed by atoms with van der Waals surface area (Å²) >= 11 is 0. The summed E-state index contributed by atoms with van der Waals surface area (Å²) in [5.74, 6) is 2.24. The van der Waals surface area contributed by atoms with Crippen LogP contribution in [0.4, 0.5) is 5.69 Å². The molecule has 2 N–H and O–H groups in total. The summed E-state index contributed by atoms with van der Waals surface area (Å²) in [5.41, 5.74) is 3.27. The molecule has 6 heteroatoms. The molecule has 1 atom stereocenters. The minimum atomic E-state index is -3.74. The van der Waals surface area contributed by atoms with Crippen molar-refractivity contribution >= 4 is 21.6 Å². The van der Waals surface area contributed by atoms with E-state index in [9.17, 15) is 13.2 Å². The molecular formula is C29H38N2O3S. The normalized spacial score (nSPS) is 28.3. The first-order valence-electron chi connectivity index (χ1n) is 13.1. The van der Waals surface area contributed by atoms with E-state index < -0.39 is 10.0 Å². The van der Waals surface area contributed by atoms with Crippen LogP contribution in [0.15, 0.2) is 47.4 Å². The summed E-state index contributed by atoms with van der Waals surface area (Å²) in [6.07, 6.45) is 7.40. The fraction of sp³-hybridized carbons (Fsp3) is 0.552. The smallest absolute Gasteiger partial charge is 0.255 e. The van der Waals surface area contributed by atoms with E-state index in [1.165, 1.54) is 25.3 Å². The summed E-state index contributed by atoms with van der Waals surface area (Å²) < 4.78 is 29.9. The van der Waals surface area contributed by atoms with Crippen LogP contribution in [0.1, 0.15) is 86.7 Å². The molecule has 0 unspecified atom stereocenters. The first-order valence-corrected chi connectivity index (χ1v) is 14.6. The fourth-order valence-electron chi connectivity index (χ4n) is 7.47. The second-order valence-electron chi connectivity index (χ2n) is 11.8.